The maximum Gasteiger partial charge on any atom is 0.119 e. The van der Waals surface area contributed by atoms with Crippen LogP contribution in [0.4, 0.5) is 0 Å². The third-order valence-electron chi connectivity index (χ3n) is 2.84. The van der Waals surface area contributed by atoms with Crippen LogP contribution in [0, 0.1) is 0 Å². The minimum Gasteiger partial charge on any atom is -0.497 e. The molecule has 0 aliphatic heterocycles. The molecule has 0 radical (unpaired) electrons. The molecule has 96 valence electrons. The number of rotatable bonds is 6. The second kappa shape index (κ2) is 6.57. The molecule has 1 aromatic heterocycles. The molecule has 1 aromatic carbocycles. The van der Waals surface area contributed by atoms with Gasteiger partial charge in [0.2, 0.25) is 0 Å². The van der Waals surface area contributed by atoms with Crippen LogP contribution < -0.4 is 10.1 Å². The first-order chi connectivity index (χ1) is 8.85. The van der Waals surface area contributed by atoms with Gasteiger partial charge in [-0.1, -0.05) is 13.0 Å². The molecule has 1 N–H and O–H groups in total. The van der Waals surface area contributed by atoms with Crippen LogP contribution in [0.2, 0.25) is 0 Å². The highest BCUT2D eigenvalue weighted by Gasteiger charge is 2.07. The van der Waals surface area contributed by atoms with E-state index in [0.717, 1.165) is 25.3 Å². The average Bonchev–Trinajstić information content (AvgIpc) is 2.92. The van der Waals surface area contributed by atoms with E-state index in [2.05, 4.69) is 41.9 Å². The van der Waals surface area contributed by atoms with Crippen molar-refractivity contribution in [1.82, 2.24) is 5.32 Å². The summed E-state index contributed by atoms with van der Waals surface area (Å²) in [5.74, 6) is 0.920. The molecule has 0 atom stereocenters. The van der Waals surface area contributed by atoms with E-state index in [4.69, 9.17) is 4.74 Å². The first-order valence-corrected chi connectivity index (χ1v) is 7.14. The van der Waals surface area contributed by atoms with Crippen LogP contribution in [0.15, 0.2) is 35.7 Å². The summed E-state index contributed by atoms with van der Waals surface area (Å²) < 4.78 is 5.31. The number of nitrogens with one attached hydrogen (secondary N) is 1. The smallest absolute Gasteiger partial charge is 0.119 e. The van der Waals surface area contributed by atoms with Gasteiger partial charge in [-0.2, -0.15) is 0 Å². The second-order valence-electron chi connectivity index (χ2n) is 4.18. The molecule has 0 unspecified atom stereocenters. The Balaban J connectivity index is 2.27. The van der Waals surface area contributed by atoms with Gasteiger partial charge in [0.25, 0.3) is 0 Å². The molecule has 0 aliphatic rings. The monoisotopic (exact) mass is 261 g/mol. The summed E-state index contributed by atoms with van der Waals surface area (Å²) in [5, 5.41) is 5.57. The fourth-order valence-electron chi connectivity index (χ4n) is 1.92. The molecule has 3 heteroatoms. The van der Waals surface area contributed by atoms with Crippen molar-refractivity contribution in [2.45, 2.75) is 19.9 Å². The van der Waals surface area contributed by atoms with E-state index in [9.17, 15) is 0 Å². The lowest BCUT2D eigenvalue weighted by molar-refractivity contribution is 0.414. The largest absolute Gasteiger partial charge is 0.497 e. The predicted octanol–water partition coefficient (Wildman–Crippen LogP) is 3.92. The molecule has 0 spiro atoms. The molecule has 18 heavy (non-hydrogen) atoms. The topological polar surface area (TPSA) is 21.3 Å². The summed E-state index contributed by atoms with van der Waals surface area (Å²) in [7, 11) is 1.71. The second-order valence-corrected chi connectivity index (χ2v) is 5.12. The Morgan fingerprint density at radius 1 is 1.28 bits per heavy atom. The number of hydrogen-bond donors (Lipinski definition) is 1. The molecule has 0 amide bonds. The zero-order valence-electron chi connectivity index (χ0n) is 10.9. The molecule has 0 aliphatic carbocycles. The van der Waals surface area contributed by atoms with Gasteiger partial charge in [0.15, 0.2) is 0 Å². The van der Waals surface area contributed by atoms with E-state index in [1.807, 2.05) is 6.07 Å². The van der Waals surface area contributed by atoms with Crippen molar-refractivity contribution in [3.63, 3.8) is 0 Å². The highest BCUT2D eigenvalue weighted by atomic mass is 32.1. The van der Waals surface area contributed by atoms with Crippen LogP contribution in [0.5, 0.6) is 5.75 Å². The zero-order chi connectivity index (χ0) is 12.8. The molecule has 0 fully saturated rings. The minimum absolute atomic E-state index is 0.887. The van der Waals surface area contributed by atoms with Gasteiger partial charge in [-0.25, -0.2) is 0 Å². The molecule has 2 rings (SSSR count). The van der Waals surface area contributed by atoms with Gasteiger partial charge >= 0.3 is 0 Å². The van der Waals surface area contributed by atoms with E-state index in [1.54, 1.807) is 18.4 Å². The van der Waals surface area contributed by atoms with Crippen molar-refractivity contribution in [1.29, 1.82) is 0 Å². The molecule has 0 bridgehead atoms. The van der Waals surface area contributed by atoms with Crippen molar-refractivity contribution in [3.05, 3.63) is 41.3 Å². The number of ether oxygens (including phenoxy) is 1. The van der Waals surface area contributed by atoms with Crippen molar-refractivity contribution in [3.8, 4) is 16.2 Å². The third kappa shape index (κ3) is 3.12. The lowest BCUT2D eigenvalue weighted by atomic mass is 10.1. The summed E-state index contributed by atoms with van der Waals surface area (Å²) in [5.41, 5.74) is 2.60. The van der Waals surface area contributed by atoms with Crippen molar-refractivity contribution >= 4 is 11.3 Å². The van der Waals surface area contributed by atoms with Crippen molar-refractivity contribution in [2.75, 3.05) is 13.7 Å². The Bertz CT molecular complexity index is 479. The number of hydrogen-bond acceptors (Lipinski definition) is 3. The number of thiophene rings is 1. The van der Waals surface area contributed by atoms with Crippen LogP contribution in [0.25, 0.3) is 10.4 Å². The van der Waals surface area contributed by atoms with Crippen LogP contribution in [-0.4, -0.2) is 13.7 Å². The Kier molecular flexibility index (Phi) is 4.79. The molecular weight excluding hydrogens is 242 g/mol. The highest BCUT2D eigenvalue weighted by molar-refractivity contribution is 7.13. The van der Waals surface area contributed by atoms with Gasteiger partial charge in [0.1, 0.15) is 5.75 Å². The standard InChI is InChI=1S/C15H19NOS/c1-3-8-16-11-12-10-13(17-2)6-7-14(12)15-5-4-9-18-15/h4-7,9-10,16H,3,8,11H2,1-2H3. The van der Waals surface area contributed by atoms with E-state index in [0.29, 0.717) is 0 Å². The Morgan fingerprint density at radius 3 is 2.83 bits per heavy atom. The van der Waals surface area contributed by atoms with Crippen LogP contribution in [0.1, 0.15) is 18.9 Å². The van der Waals surface area contributed by atoms with Gasteiger partial charge in [0.05, 0.1) is 7.11 Å². The van der Waals surface area contributed by atoms with Crippen LogP contribution in [-0.2, 0) is 6.54 Å². The van der Waals surface area contributed by atoms with E-state index in [-0.39, 0.29) is 0 Å². The number of benzene rings is 1. The molecule has 1 heterocycles. The lowest BCUT2D eigenvalue weighted by Gasteiger charge is -2.11. The van der Waals surface area contributed by atoms with Gasteiger partial charge in [0, 0.05) is 11.4 Å². The molecule has 0 saturated carbocycles. The summed E-state index contributed by atoms with van der Waals surface area (Å²) in [4.78, 5) is 1.31. The van der Waals surface area contributed by atoms with Crippen molar-refractivity contribution in [2.24, 2.45) is 0 Å². The molecule has 2 aromatic rings. The van der Waals surface area contributed by atoms with Gasteiger partial charge < -0.3 is 10.1 Å². The molecular formula is C15H19NOS. The Hall–Kier alpha value is -1.32. The van der Waals surface area contributed by atoms with Crippen molar-refractivity contribution < 1.29 is 4.74 Å². The maximum absolute atomic E-state index is 5.31. The Labute approximate surface area is 113 Å². The van der Waals surface area contributed by atoms with Gasteiger partial charge in [-0.3, -0.25) is 0 Å². The summed E-state index contributed by atoms with van der Waals surface area (Å²) in [6.07, 6.45) is 1.15. The summed E-state index contributed by atoms with van der Waals surface area (Å²) in [6.45, 7) is 4.11. The highest BCUT2D eigenvalue weighted by Crippen LogP contribution is 2.30. The Morgan fingerprint density at radius 2 is 2.17 bits per heavy atom. The molecule has 2 nitrogen and oxygen atoms in total. The SMILES string of the molecule is CCCNCc1cc(OC)ccc1-c1cccs1. The van der Waals surface area contributed by atoms with Crippen LogP contribution in [0.3, 0.4) is 0 Å². The van der Waals surface area contributed by atoms with E-state index >= 15 is 0 Å². The lowest BCUT2D eigenvalue weighted by Crippen LogP contribution is -2.14. The van der Waals surface area contributed by atoms with Crippen LogP contribution >= 0.6 is 11.3 Å². The normalized spacial score (nSPS) is 10.6. The van der Waals surface area contributed by atoms with Gasteiger partial charge in [-0.15, -0.1) is 11.3 Å². The predicted molar refractivity (Wildman–Crippen MR) is 78.3 cm³/mol. The maximum atomic E-state index is 5.31. The summed E-state index contributed by atoms with van der Waals surface area (Å²) in [6, 6.07) is 10.5. The first kappa shape index (κ1) is 13.1. The quantitative estimate of drug-likeness (QED) is 0.796. The fraction of sp³-hybridized carbons (Fsp3) is 0.333. The van der Waals surface area contributed by atoms with E-state index < -0.39 is 0 Å². The summed E-state index contributed by atoms with van der Waals surface area (Å²) >= 11 is 1.77. The average molecular weight is 261 g/mol. The number of methoxy groups -OCH3 is 1. The fourth-order valence-corrected chi connectivity index (χ4v) is 2.70. The van der Waals surface area contributed by atoms with Gasteiger partial charge in [-0.05, 0) is 53.7 Å². The first-order valence-electron chi connectivity index (χ1n) is 6.26. The zero-order valence-corrected chi connectivity index (χ0v) is 11.7. The third-order valence-corrected chi connectivity index (χ3v) is 3.74. The molecule has 0 saturated heterocycles. The minimum atomic E-state index is 0.887. The van der Waals surface area contributed by atoms with E-state index in [1.165, 1.54) is 16.0 Å².